The van der Waals surface area contributed by atoms with Gasteiger partial charge in [0.05, 0.1) is 6.10 Å². The molecule has 0 saturated heterocycles. The van der Waals surface area contributed by atoms with Crippen molar-refractivity contribution in [3.8, 4) is 0 Å². The van der Waals surface area contributed by atoms with Gasteiger partial charge in [-0.15, -0.1) is 0 Å². The largest absolute Gasteiger partial charge is 0.481 e. The molecule has 49 heavy (non-hydrogen) atoms. The van der Waals surface area contributed by atoms with E-state index < -0.39 is 5.97 Å². The van der Waals surface area contributed by atoms with E-state index in [-0.39, 0.29) is 35.4 Å². The number of carboxylic acids is 1. The van der Waals surface area contributed by atoms with Crippen LogP contribution in [0, 0.1) is 46.3 Å². The van der Waals surface area contributed by atoms with Gasteiger partial charge in [0.1, 0.15) is 6.10 Å². The van der Waals surface area contributed by atoms with Crippen LogP contribution in [-0.4, -0.2) is 34.4 Å². The number of aliphatic hydroxyl groups excluding tert-OH is 1. The van der Waals surface area contributed by atoms with Crippen LogP contribution < -0.4 is 0 Å². The summed E-state index contributed by atoms with van der Waals surface area (Å²) >= 11 is 0. The number of fused-ring (bicyclic) bond motifs is 5. The number of carboxylic acid groups (broad SMARTS) is 1. The van der Waals surface area contributed by atoms with Crippen LogP contribution in [0.3, 0.4) is 0 Å². The van der Waals surface area contributed by atoms with E-state index in [2.05, 4.69) is 52.0 Å². The summed E-state index contributed by atoms with van der Waals surface area (Å²) in [6, 6.07) is 0. The summed E-state index contributed by atoms with van der Waals surface area (Å²) in [6.45, 7) is 9.31. The number of ether oxygens (including phenoxy) is 1. The fraction of sp³-hybridized carbons (Fsp3) is 0.864. The number of aliphatic carboxylic acids is 1. The summed E-state index contributed by atoms with van der Waals surface area (Å²) in [5.74, 6) is 2.31. The molecule has 0 aromatic heterocycles. The second kappa shape index (κ2) is 19.8. The zero-order valence-corrected chi connectivity index (χ0v) is 32.0. The Morgan fingerprint density at radius 3 is 2.16 bits per heavy atom. The quantitative estimate of drug-likeness (QED) is 0.0715. The monoisotopic (exact) mass is 683 g/mol. The van der Waals surface area contributed by atoms with Crippen molar-refractivity contribution in [2.75, 3.05) is 0 Å². The van der Waals surface area contributed by atoms with Gasteiger partial charge in [0.2, 0.25) is 0 Å². The maximum absolute atomic E-state index is 12.8. The molecule has 4 aliphatic carbocycles. The number of carbonyl (C=O) groups is 2. The first-order chi connectivity index (χ1) is 23.6. The lowest BCUT2D eigenvalue weighted by Crippen LogP contribution is -2.59. The number of hydrogen-bond donors (Lipinski definition) is 2. The molecule has 0 aromatic carbocycles. The van der Waals surface area contributed by atoms with E-state index in [0.29, 0.717) is 48.3 Å². The number of esters is 1. The molecule has 0 aromatic rings. The minimum absolute atomic E-state index is 0.00255. The maximum atomic E-state index is 12.8. The highest BCUT2D eigenvalue weighted by Gasteiger charge is 2.63. The molecule has 4 saturated carbocycles. The van der Waals surface area contributed by atoms with Gasteiger partial charge in [-0.3, -0.25) is 9.59 Å². The molecule has 280 valence electrons. The summed E-state index contributed by atoms with van der Waals surface area (Å²) in [6.07, 6.45) is 35.0. The second-order valence-electron chi connectivity index (χ2n) is 17.4. The Balaban J connectivity index is 1.09. The summed E-state index contributed by atoms with van der Waals surface area (Å²) in [4.78, 5) is 24.1. The van der Waals surface area contributed by atoms with Crippen molar-refractivity contribution in [1.82, 2.24) is 0 Å². The summed E-state index contributed by atoms with van der Waals surface area (Å²) in [7, 11) is 0. The van der Waals surface area contributed by atoms with Gasteiger partial charge in [-0.2, -0.15) is 0 Å². The first-order valence-corrected chi connectivity index (χ1v) is 21.0. The summed E-state index contributed by atoms with van der Waals surface area (Å²) < 4.78 is 6.10. The summed E-state index contributed by atoms with van der Waals surface area (Å²) in [5.41, 5.74) is 0.111. The van der Waals surface area contributed by atoms with E-state index in [4.69, 9.17) is 4.74 Å². The van der Waals surface area contributed by atoms with E-state index in [0.717, 1.165) is 51.4 Å². The molecule has 0 aliphatic heterocycles. The molecule has 4 fully saturated rings. The fourth-order valence-corrected chi connectivity index (χ4v) is 11.5. The molecule has 5 nitrogen and oxygen atoms in total. The lowest BCUT2D eigenvalue weighted by atomic mass is 9.43. The van der Waals surface area contributed by atoms with Gasteiger partial charge in [-0.25, -0.2) is 0 Å². The van der Waals surface area contributed by atoms with Crippen molar-refractivity contribution in [1.29, 1.82) is 0 Å². The van der Waals surface area contributed by atoms with Gasteiger partial charge in [0.15, 0.2) is 0 Å². The number of allylic oxidation sites excluding steroid dienone is 4. The Kier molecular flexibility index (Phi) is 16.3. The van der Waals surface area contributed by atoms with Crippen molar-refractivity contribution < 1.29 is 24.5 Å². The molecule has 0 heterocycles. The molecular formula is C44H74O5. The topological polar surface area (TPSA) is 83.8 Å². The Hall–Kier alpha value is -1.62. The molecule has 5 heteroatoms. The second-order valence-corrected chi connectivity index (χ2v) is 17.4. The van der Waals surface area contributed by atoms with Crippen LogP contribution in [0.4, 0.5) is 0 Å². The third kappa shape index (κ3) is 10.7. The Bertz CT molecular complexity index is 1070. The van der Waals surface area contributed by atoms with Gasteiger partial charge < -0.3 is 14.9 Å². The standard InChI is InChI=1S/C44H74O5/c1-5-6-7-8-9-10-11-12-13-14-15-16-17-18-19-20-21-22-42(48)49-35-29-30-43(3)34(31-35)24-25-36-38-27-26-37(33(2)23-28-41(46)47)44(38,4)40(45)32-39(36)43/h9-10,12-13,33-40,45H,5-8,11,14-32H2,1-4H3,(H,46,47)/b10-9-,13-12-. The molecule has 0 bridgehead atoms. The van der Waals surface area contributed by atoms with Crippen LogP contribution >= 0.6 is 0 Å². The zero-order chi connectivity index (χ0) is 35.3. The first kappa shape index (κ1) is 40.2. The predicted octanol–water partition coefficient (Wildman–Crippen LogP) is 11.6. The van der Waals surface area contributed by atoms with Gasteiger partial charge in [-0.05, 0) is 143 Å². The zero-order valence-electron chi connectivity index (χ0n) is 32.0. The molecule has 0 radical (unpaired) electrons. The van der Waals surface area contributed by atoms with Crippen molar-refractivity contribution in [3.63, 3.8) is 0 Å². The molecule has 10 unspecified atom stereocenters. The minimum Gasteiger partial charge on any atom is -0.481 e. The fourth-order valence-electron chi connectivity index (χ4n) is 11.5. The number of rotatable bonds is 21. The number of unbranched alkanes of at least 4 members (excludes halogenated alkanes) is 10. The van der Waals surface area contributed by atoms with E-state index in [1.54, 1.807) is 0 Å². The number of aliphatic hydroxyl groups is 1. The minimum atomic E-state index is -0.712. The van der Waals surface area contributed by atoms with Crippen LogP contribution in [0.2, 0.25) is 0 Å². The van der Waals surface area contributed by atoms with Gasteiger partial charge in [0, 0.05) is 12.8 Å². The number of carbonyl (C=O) groups excluding carboxylic acids is 1. The van der Waals surface area contributed by atoms with Crippen LogP contribution in [0.1, 0.15) is 182 Å². The van der Waals surface area contributed by atoms with Crippen LogP contribution in [0.25, 0.3) is 0 Å². The van der Waals surface area contributed by atoms with E-state index in [1.165, 1.54) is 83.5 Å². The van der Waals surface area contributed by atoms with E-state index in [9.17, 15) is 19.8 Å². The normalized spacial score (nSPS) is 34.8. The average Bonchev–Trinajstić information content (AvgIpc) is 3.44. The molecule has 4 aliphatic rings. The van der Waals surface area contributed by atoms with Crippen molar-refractivity contribution in [2.45, 2.75) is 194 Å². The Morgan fingerprint density at radius 1 is 0.796 bits per heavy atom. The number of hydrogen-bond acceptors (Lipinski definition) is 4. The van der Waals surface area contributed by atoms with Gasteiger partial charge in [-0.1, -0.05) is 96.9 Å². The molecule has 0 amide bonds. The molecular weight excluding hydrogens is 608 g/mol. The highest BCUT2D eigenvalue weighted by atomic mass is 16.5. The predicted molar refractivity (Wildman–Crippen MR) is 201 cm³/mol. The first-order valence-electron chi connectivity index (χ1n) is 21.0. The van der Waals surface area contributed by atoms with Crippen LogP contribution in [-0.2, 0) is 14.3 Å². The Labute approximate surface area is 300 Å². The molecule has 4 rings (SSSR count). The SMILES string of the molecule is CCCCC/C=C\C/C=C\CCCCCCCCCC(=O)OC1CCC2(C)C(CCC3C2CC(O)C2(C)C(C(C)CCC(=O)O)CCC32)C1. The maximum Gasteiger partial charge on any atom is 0.306 e. The van der Waals surface area contributed by atoms with Crippen LogP contribution in [0.15, 0.2) is 24.3 Å². The summed E-state index contributed by atoms with van der Waals surface area (Å²) in [5, 5.41) is 21.1. The van der Waals surface area contributed by atoms with Crippen molar-refractivity contribution >= 4 is 11.9 Å². The molecule has 0 spiro atoms. The van der Waals surface area contributed by atoms with Crippen molar-refractivity contribution in [2.24, 2.45) is 46.3 Å². The molecule has 10 atom stereocenters. The van der Waals surface area contributed by atoms with E-state index >= 15 is 0 Å². The molecule has 2 N–H and O–H groups in total. The Morgan fingerprint density at radius 2 is 1.47 bits per heavy atom. The lowest BCUT2D eigenvalue weighted by Gasteiger charge is -2.62. The third-order valence-corrected chi connectivity index (χ3v) is 14.4. The van der Waals surface area contributed by atoms with Gasteiger partial charge in [0.25, 0.3) is 0 Å². The lowest BCUT2D eigenvalue weighted by molar-refractivity contribution is -0.181. The van der Waals surface area contributed by atoms with Crippen LogP contribution in [0.5, 0.6) is 0 Å². The van der Waals surface area contributed by atoms with E-state index in [1.807, 2.05) is 0 Å². The third-order valence-electron chi connectivity index (χ3n) is 14.4. The van der Waals surface area contributed by atoms with Crippen molar-refractivity contribution in [3.05, 3.63) is 24.3 Å². The van der Waals surface area contributed by atoms with Gasteiger partial charge >= 0.3 is 11.9 Å². The highest BCUT2D eigenvalue weighted by molar-refractivity contribution is 5.69. The average molecular weight is 683 g/mol. The smallest absolute Gasteiger partial charge is 0.306 e. The highest BCUT2D eigenvalue weighted by Crippen LogP contribution is 2.68.